The molecular formula is C13H22F3IO3. The summed E-state index contributed by atoms with van der Waals surface area (Å²) < 4.78 is 42.5. The summed E-state index contributed by atoms with van der Waals surface area (Å²) in [6.45, 7) is 8.54. The Kier molecular flexibility index (Phi) is 5.97. The SMILES string of the molecule is CCC(C)(C)C(=O)OC(C)(C)C(I)C(C)(O)C(F)(F)F. The molecule has 0 aromatic carbocycles. The average molecular weight is 410 g/mol. The molecule has 0 saturated carbocycles. The number of hydrogen-bond donors (Lipinski definition) is 1. The first kappa shape index (κ1) is 19.9. The molecule has 3 nitrogen and oxygen atoms in total. The Labute approximate surface area is 131 Å². The van der Waals surface area contributed by atoms with Crippen LogP contribution in [0.15, 0.2) is 0 Å². The average Bonchev–Trinajstić information content (AvgIpc) is 2.25. The Morgan fingerprint density at radius 1 is 1.20 bits per heavy atom. The van der Waals surface area contributed by atoms with Crippen LogP contribution in [0.1, 0.15) is 48.0 Å². The zero-order valence-corrected chi connectivity index (χ0v) is 14.7. The number of aliphatic hydroxyl groups is 1. The highest BCUT2D eigenvalue weighted by atomic mass is 127. The van der Waals surface area contributed by atoms with Crippen LogP contribution in [0, 0.1) is 5.41 Å². The first-order valence-electron chi connectivity index (χ1n) is 6.26. The third kappa shape index (κ3) is 4.22. The Bertz CT molecular complexity index is 362. The van der Waals surface area contributed by atoms with E-state index in [0.717, 1.165) is 0 Å². The fourth-order valence-corrected chi connectivity index (χ4v) is 1.87. The smallest absolute Gasteiger partial charge is 0.418 e. The van der Waals surface area contributed by atoms with Gasteiger partial charge in [0.1, 0.15) is 5.60 Å². The second-order valence-electron chi connectivity index (χ2n) is 6.24. The minimum atomic E-state index is -4.80. The van der Waals surface area contributed by atoms with Crippen LogP contribution in [-0.2, 0) is 9.53 Å². The molecule has 0 aromatic heterocycles. The quantitative estimate of drug-likeness (QED) is 0.426. The fraction of sp³-hybridized carbons (Fsp3) is 0.923. The van der Waals surface area contributed by atoms with Crippen LogP contribution in [-0.4, -0.2) is 32.4 Å². The largest absolute Gasteiger partial charge is 0.458 e. The van der Waals surface area contributed by atoms with Crippen LogP contribution in [0.4, 0.5) is 13.2 Å². The highest BCUT2D eigenvalue weighted by Gasteiger charge is 2.59. The minimum absolute atomic E-state index is 0.503. The lowest BCUT2D eigenvalue weighted by atomic mass is 9.87. The van der Waals surface area contributed by atoms with Crippen molar-refractivity contribution < 1.29 is 27.8 Å². The van der Waals surface area contributed by atoms with E-state index >= 15 is 0 Å². The maximum absolute atomic E-state index is 12.9. The van der Waals surface area contributed by atoms with Gasteiger partial charge < -0.3 is 9.84 Å². The fourth-order valence-electron chi connectivity index (χ4n) is 1.39. The van der Waals surface area contributed by atoms with Crippen LogP contribution in [0.25, 0.3) is 0 Å². The van der Waals surface area contributed by atoms with Gasteiger partial charge in [-0.2, -0.15) is 13.2 Å². The molecule has 1 N–H and O–H groups in total. The zero-order chi connectivity index (χ0) is 16.6. The van der Waals surface area contributed by atoms with Gasteiger partial charge in [0.25, 0.3) is 0 Å². The number of ether oxygens (including phenoxy) is 1. The van der Waals surface area contributed by atoms with Gasteiger partial charge >= 0.3 is 12.1 Å². The number of alkyl halides is 4. The number of carbonyl (C=O) groups excluding carboxylic acids is 1. The summed E-state index contributed by atoms with van der Waals surface area (Å²) in [5.41, 5.74) is -5.19. The lowest BCUT2D eigenvalue weighted by Gasteiger charge is -2.41. The molecule has 2 atom stereocenters. The van der Waals surface area contributed by atoms with Crippen molar-refractivity contribution in [2.24, 2.45) is 5.41 Å². The predicted octanol–water partition coefficient (Wildman–Crippen LogP) is 3.86. The maximum atomic E-state index is 12.9. The molecule has 0 aliphatic rings. The number of rotatable bonds is 5. The van der Waals surface area contributed by atoms with Crippen molar-refractivity contribution in [2.75, 3.05) is 0 Å². The molecule has 0 fully saturated rings. The zero-order valence-electron chi connectivity index (χ0n) is 12.6. The van der Waals surface area contributed by atoms with Gasteiger partial charge in [0.15, 0.2) is 5.60 Å². The van der Waals surface area contributed by atoms with E-state index in [0.29, 0.717) is 13.3 Å². The van der Waals surface area contributed by atoms with Crippen molar-refractivity contribution in [1.82, 2.24) is 0 Å². The van der Waals surface area contributed by atoms with E-state index in [4.69, 9.17) is 4.74 Å². The van der Waals surface area contributed by atoms with Crippen LogP contribution in [0.2, 0.25) is 0 Å². The van der Waals surface area contributed by atoms with Crippen LogP contribution < -0.4 is 0 Å². The van der Waals surface area contributed by atoms with Crippen molar-refractivity contribution in [3.8, 4) is 0 Å². The van der Waals surface area contributed by atoms with Gasteiger partial charge in [-0.05, 0) is 41.0 Å². The van der Waals surface area contributed by atoms with Gasteiger partial charge in [0.2, 0.25) is 0 Å². The lowest BCUT2D eigenvalue weighted by Crippen LogP contribution is -2.58. The van der Waals surface area contributed by atoms with Crippen molar-refractivity contribution >= 4 is 28.6 Å². The van der Waals surface area contributed by atoms with Crippen LogP contribution >= 0.6 is 22.6 Å². The van der Waals surface area contributed by atoms with E-state index in [9.17, 15) is 23.1 Å². The molecule has 0 aliphatic heterocycles. The Balaban J connectivity index is 5.21. The van der Waals surface area contributed by atoms with E-state index in [1.165, 1.54) is 36.4 Å². The molecule has 0 amide bonds. The first-order valence-corrected chi connectivity index (χ1v) is 7.50. The van der Waals surface area contributed by atoms with Gasteiger partial charge in [-0.15, -0.1) is 0 Å². The summed E-state index contributed by atoms with van der Waals surface area (Å²) >= 11 is 1.48. The van der Waals surface area contributed by atoms with Gasteiger partial charge in [0.05, 0.1) is 9.34 Å². The molecule has 7 heteroatoms. The summed E-state index contributed by atoms with van der Waals surface area (Å²) in [6, 6.07) is 0. The first-order chi connectivity index (χ1) is 8.59. The molecule has 0 saturated heterocycles. The Morgan fingerprint density at radius 2 is 1.60 bits per heavy atom. The normalized spacial score (nSPS) is 18.4. The molecule has 0 aliphatic carbocycles. The van der Waals surface area contributed by atoms with E-state index in [2.05, 4.69) is 0 Å². The predicted molar refractivity (Wildman–Crippen MR) is 78.7 cm³/mol. The molecule has 20 heavy (non-hydrogen) atoms. The highest BCUT2D eigenvalue weighted by molar-refractivity contribution is 14.1. The van der Waals surface area contributed by atoms with Crippen LogP contribution in [0.3, 0.4) is 0 Å². The molecule has 0 spiro atoms. The van der Waals surface area contributed by atoms with Crippen molar-refractivity contribution in [2.45, 2.75) is 69.3 Å². The van der Waals surface area contributed by atoms with E-state index in [1.807, 2.05) is 0 Å². The van der Waals surface area contributed by atoms with Crippen molar-refractivity contribution in [3.05, 3.63) is 0 Å². The molecule has 2 unspecified atom stereocenters. The monoisotopic (exact) mass is 410 g/mol. The highest BCUT2D eigenvalue weighted by Crippen LogP contribution is 2.42. The van der Waals surface area contributed by atoms with E-state index in [-0.39, 0.29) is 0 Å². The Morgan fingerprint density at radius 3 is 1.90 bits per heavy atom. The van der Waals surface area contributed by atoms with Crippen molar-refractivity contribution in [1.29, 1.82) is 0 Å². The molecule has 0 aromatic rings. The summed E-state index contributed by atoms with van der Waals surface area (Å²) in [5.74, 6) is -0.579. The second-order valence-corrected chi connectivity index (χ2v) is 7.48. The number of hydrogen-bond acceptors (Lipinski definition) is 3. The lowest BCUT2D eigenvalue weighted by molar-refractivity contribution is -0.262. The summed E-state index contributed by atoms with van der Waals surface area (Å²) in [4.78, 5) is 12.0. The third-order valence-electron chi connectivity index (χ3n) is 3.47. The molecule has 0 rings (SSSR count). The van der Waals surface area contributed by atoms with Gasteiger partial charge in [-0.1, -0.05) is 29.5 Å². The second kappa shape index (κ2) is 5.98. The number of esters is 1. The topological polar surface area (TPSA) is 46.5 Å². The van der Waals surface area contributed by atoms with E-state index in [1.54, 1.807) is 20.8 Å². The van der Waals surface area contributed by atoms with Crippen LogP contribution in [0.5, 0.6) is 0 Å². The standard InChI is InChI=1S/C13H22F3IO3/c1-7-10(2,3)9(18)20-11(4,5)8(17)12(6,19)13(14,15)16/h8,19H,7H2,1-6H3. The Hall–Kier alpha value is -0.0500. The molecule has 120 valence electrons. The summed E-state index contributed by atoms with van der Waals surface area (Å²) in [7, 11) is 0. The maximum Gasteiger partial charge on any atom is 0.418 e. The molecule has 0 radical (unpaired) electrons. The summed E-state index contributed by atoms with van der Waals surface area (Å²) in [5, 5.41) is 9.70. The molecule has 0 heterocycles. The van der Waals surface area contributed by atoms with Gasteiger partial charge in [-0.3, -0.25) is 4.79 Å². The minimum Gasteiger partial charge on any atom is -0.458 e. The number of carbonyl (C=O) groups is 1. The molecular weight excluding hydrogens is 388 g/mol. The van der Waals surface area contributed by atoms with E-state index < -0.39 is 32.7 Å². The molecule has 0 bridgehead atoms. The van der Waals surface area contributed by atoms with Crippen molar-refractivity contribution in [3.63, 3.8) is 0 Å². The summed E-state index contributed by atoms with van der Waals surface area (Å²) in [6.07, 6.45) is -4.30. The third-order valence-corrected chi connectivity index (χ3v) is 6.18. The van der Waals surface area contributed by atoms with Gasteiger partial charge in [-0.25, -0.2) is 0 Å². The number of halogens is 4. The van der Waals surface area contributed by atoms with Gasteiger partial charge in [0, 0.05) is 0 Å².